The minimum Gasteiger partial charge on any atom is -0.313 e. The second-order valence-corrected chi connectivity index (χ2v) is 23.7. The number of hydrogen-bond donors (Lipinski definition) is 0. The summed E-state index contributed by atoms with van der Waals surface area (Å²) < 4.78 is 9.79. The van der Waals surface area contributed by atoms with E-state index in [-0.39, 0.29) is 87.7 Å². The predicted octanol–water partition coefficient (Wildman–Crippen LogP) is 12.8. The first-order valence-electron chi connectivity index (χ1n) is 30.3. The third kappa shape index (κ3) is 10.0. The van der Waals surface area contributed by atoms with E-state index in [1.165, 1.54) is 36.4 Å². The molecule has 17 nitrogen and oxygen atoms in total. The normalized spacial score (nSPS) is 13.1. The van der Waals surface area contributed by atoms with Gasteiger partial charge in [-0.25, -0.2) is 24.1 Å². The van der Waals surface area contributed by atoms with Gasteiger partial charge in [0, 0.05) is 60.4 Å². The van der Waals surface area contributed by atoms with Crippen molar-refractivity contribution >= 4 is 88.7 Å². The lowest BCUT2D eigenvalue weighted by molar-refractivity contribution is -0.115. The van der Waals surface area contributed by atoms with Crippen molar-refractivity contribution < 1.29 is 19.2 Å². The molecule has 6 aromatic heterocycles. The molecule has 0 radical (unpaired) electrons. The summed E-state index contributed by atoms with van der Waals surface area (Å²) in [6, 6.07) is 45.4. The zero-order valence-corrected chi connectivity index (χ0v) is 51.0. The molecule has 0 aliphatic carbocycles. The van der Waals surface area contributed by atoms with Crippen LogP contribution in [0.25, 0.3) is 99.7 Å². The lowest BCUT2D eigenvalue weighted by Gasteiger charge is -2.20. The van der Waals surface area contributed by atoms with E-state index in [0.717, 1.165) is 25.7 Å². The lowest BCUT2D eigenvalue weighted by atomic mass is 10.0. The SMILES string of the molecule is C=CC(=O)CC(C)c1cc2ccccc2n1-c1cc(-n2c(=O)c3cc4c(=O)n(-c5cc(-n6c(C(C)CC(=O)C=C)nc7ccccc76)cc(-n6c(C(C)CC(=O)C=C)nc7ccccc76)c5)c(=O)c4cc3c2=O)cc(-n2c(C(C)CC(=O)C=C)nc3ccccc32)c1. The maximum Gasteiger partial charge on any atom is 0.266 e. The van der Waals surface area contributed by atoms with Gasteiger partial charge in [0.2, 0.25) is 0 Å². The van der Waals surface area contributed by atoms with Crippen LogP contribution in [0.1, 0.15) is 100 Å². The third-order valence-corrected chi connectivity index (χ3v) is 17.5. The first kappa shape index (κ1) is 59.4. The van der Waals surface area contributed by atoms with E-state index in [0.29, 0.717) is 73.3 Å². The molecule has 0 fully saturated rings. The highest BCUT2D eigenvalue weighted by molar-refractivity contribution is 5.99. The average molecular weight is 1220 g/mol. The summed E-state index contributed by atoms with van der Waals surface area (Å²) in [6.07, 6.45) is 5.53. The van der Waals surface area contributed by atoms with E-state index in [2.05, 4.69) is 26.3 Å². The number of rotatable bonds is 22. The van der Waals surface area contributed by atoms with Crippen LogP contribution in [0.5, 0.6) is 0 Å². The van der Waals surface area contributed by atoms with Crippen LogP contribution in [0.2, 0.25) is 0 Å². The highest BCUT2D eigenvalue weighted by Gasteiger charge is 2.29. The molecule has 0 amide bonds. The van der Waals surface area contributed by atoms with Crippen LogP contribution in [-0.4, -0.2) is 65.5 Å². The first-order chi connectivity index (χ1) is 44.4. The Morgan fingerprint density at radius 3 is 0.946 bits per heavy atom. The molecule has 7 aromatic carbocycles. The van der Waals surface area contributed by atoms with E-state index in [1.54, 1.807) is 24.3 Å². The van der Waals surface area contributed by atoms with Gasteiger partial charge < -0.3 is 4.57 Å². The Morgan fingerprint density at radius 1 is 0.348 bits per heavy atom. The molecule has 6 heterocycles. The van der Waals surface area contributed by atoms with Gasteiger partial charge in [0.25, 0.3) is 22.2 Å². The van der Waals surface area contributed by atoms with Crippen molar-refractivity contribution in [1.82, 2.24) is 42.4 Å². The summed E-state index contributed by atoms with van der Waals surface area (Å²) in [6.45, 7) is 22.4. The van der Waals surface area contributed by atoms with Crippen molar-refractivity contribution in [3.05, 3.63) is 267 Å². The van der Waals surface area contributed by atoms with Crippen LogP contribution >= 0.6 is 0 Å². The van der Waals surface area contributed by atoms with Gasteiger partial charge in [-0.2, -0.15) is 0 Å². The molecule has 0 aliphatic rings. The fourth-order valence-electron chi connectivity index (χ4n) is 13.1. The van der Waals surface area contributed by atoms with Gasteiger partial charge in [0.05, 0.1) is 94.3 Å². The fourth-order valence-corrected chi connectivity index (χ4v) is 13.1. The monoisotopic (exact) mass is 1220 g/mol. The predicted molar refractivity (Wildman–Crippen MR) is 361 cm³/mol. The zero-order chi connectivity index (χ0) is 64.5. The number of imidazole rings is 3. The molecule has 4 atom stereocenters. The van der Waals surface area contributed by atoms with Gasteiger partial charge in [-0.05, 0) is 121 Å². The lowest BCUT2D eigenvalue weighted by Crippen LogP contribution is -2.24. The fraction of sp³-hybridized carbons (Fsp3) is 0.160. The number of carbonyl (C=O) groups is 4. The Bertz CT molecular complexity index is 4890. The van der Waals surface area contributed by atoms with Gasteiger partial charge in [0.1, 0.15) is 17.5 Å². The molecule has 0 N–H and O–H groups in total. The number of allylic oxidation sites excluding steroid dienone is 4. The van der Waals surface area contributed by atoms with Crippen molar-refractivity contribution in [2.45, 2.75) is 77.0 Å². The number of hydrogen-bond acceptors (Lipinski definition) is 11. The molecule has 0 saturated heterocycles. The number of nitrogens with zero attached hydrogens (tertiary/aromatic N) is 9. The topological polar surface area (TPSA) is 205 Å². The standard InChI is InChI=1S/C75H61N9O8/c1-9-53(85)29-42(5)68-33-46-21-13-17-25-64(46)79(68)47-34-48(80-65-26-18-14-22-61(65)76-69(80)43(6)30-54(86)10-2)37-51(35-47)83-72(89)57-40-59-60(41-58(57)73(83)90)75(92)84(74(59)91)52-38-49(81-66-27-19-15-23-62(66)77-70(81)44(7)31-55(87)11-3)36-50(39-52)82-67-28-20-16-24-63(67)78-71(82)45(8)32-56(88)12-4/h9-28,33-45H,1-4,29-32H2,5-8H3. The highest BCUT2D eigenvalue weighted by atomic mass is 16.2. The van der Waals surface area contributed by atoms with Crippen molar-refractivity contribution in [3.8, 4) is 34.1 Å². The van der Waals surface area contributed by atoms with Gasteiger partial charge in [-0.3, -0.25) is 52.1 Å². The van der Waals surface area contributed by atoms with Crippen molar-refractivity contribution in [1.29, 1.82) is 0 Å². The first-order valence-corrected chi connectivity index (χ1v) is 30.3. The number of para-hydroxylation sites is 7. The van der Waals surface area contributed by atoms with Crippen LogP contribution in [0, 0.1) is 0 Å². The Labute approximate surface area is 525 Å². The molecule has 0 spiro atoms. The van der Waals surface area contributed by atoms with Crippen LogP contribution in [0.15, 0.2) is 221 Å². The number of ketones is 4. The molecule has 13 rings (SSSR count). The summed E-state index contributed by atoms with van der Waals surface area (Å²) in [5, 5.41) is 0.428. The molecule has 454 valence electrons. The Hall–Kier alpha value is -11.6. The summed E-state index contributed by atoms with van der Waals surface area (Å²) in [5.74, 6) is -0.796. The number of fused-ring (bicyclic) bond motifs is 6. The summed E-state index contributed by atoms with van der Waals surface area (Å²) in [7, 11) is 0. The molecule has 0 saturated carbocycles. The molecule has 13 aromatic rings. The van der Waals surface area contributed by atoms with Crippen LogP contribution < -0.4 is 22.2 Å². The average Bonchev–Trinajstić information content (AvgIpc) is 1.57. The van der Waals surface area contributed by atoms with Gasteiger partial charge >= 0.3 is 0 Å². The quantitative estimate of drug-likeness (QED) is 0.0584. The van der Waals surface area contributed by atoms with E-state index < -0.39 is 40.0 Å². The molecule has 4 unspecified atom stereocenters. The third-order valence-electron chi connectivity index (χ3n) is 17.5. The van der Waals surface area contributed by atoms with Gasteiger partial charge in [-0.1, -0.05) is 109 Å². The van der Waals surface area contributed by atoms with Crippen LogP contribution in [-0.2, 0) is 19.2 Å². The van der Waals surface area contributed by atoms with Gasteiger partial charge in [0.15, 0.2) is 23.1 Å². The van der Waals surface area contributed by atoms with E-state index in [1.807, 2.05) is 161 Å². The van der Waals surface area contributed by atoms with E-state index in [9.17, 15) is 19.2 Å². The molecular weight excluding hydrogens is 1150 g/mol. The second kappa shape index (κ2) is 23.4. The Morgan fingerprint density at radius 2 is 0.620 bits per heavy atom. The van der Waals surface area contributed by atoms with Crippen molar-refractivity contribution in [2.75, 3.05) is 0 Å². The Balaban J connectivity index is 1.04. The smallest absolute Gasteiger partial charge is 0.266 e. The molecule has 92 heavy (non-hydrogen) atoms. The highest BCUT2D eigenvalue weighted by Crippen LogP contribution is 2.38. The molecule has 0 bridgehead atoms. The number of carbonyl (C=O) groups excluding carboxylic acids is 4. The van der Waals surface area contributed by atoms with Crippen molar-refractivity contribution in [3.63, 3.8) is 0 Å². The Kier molecular flexibility index (Phi) is 15.1. The van der Waals surface area contributed by atoms with Crippen LogP contribution in [0.3, 0.4) is 0 Å². The minimum absolute atomic E-state index is 0.0841. The van der Waals surface area contributed by atoms with Crippen LogP contribution in [0.4, 0.5) is 0 Å². The second-order valence-electron chi connectivity index (χ2n) is 23.7. The van der Waals surface area contributed by atoms with E-state index in [4.69, 9.17) is 15.0 Å². The molecular formula is C75H61N9O8. The van der Waals surface area contributed by atoms with Gasteiger partial charge in [-0.15, -0.1) is 0 Å². The maximum atomic E-state index is 15.4. The molecule has 0 aliphatic heterocycles. The molecule has 17 heteroatoms. The minimum atomic E-state index is -0.764. The summed E-state index contributed by atoms with van der Waals surface area (Å²) >= 11 is 0. The maximum absolute atomic E-state index is 15.4. The summed E-state index contributed by atoms with van der Waals surface area (Å²) in [4.78, 5) is 129. The summed E-state index contributed by atoms with van der Waals surface area (Å²) in [5.41, 5.74) is 4.65. The number of benzene rings is 7. The number of aromatic nitrogens is 9. The van der Waals surface area contributed by atoms with E-state index >= 15 is 19.2 Å². The largest absolute Gasteiger partial charge is 0.313 e. The van der Waals surface area contributed by atoms with Crippen molar-refractivity contribution in [2.24, 2.45) is 0 Å². The zero-order valence-electron chi connectivity index (χ0n) is 51.0.